The van der Waals surface area contributed by atoms with E-state index in [1.165, 1.54) is 27.7 Å². The van der Waals surface area contributed by atoms with Crippen molar-refractivity contribution in [2.45, 2.75) is 5.16 Å². The summed E-state index contributed by atoms with van der Waals surface area (Å²) in [5.41, 5.74) is 2.05. The molecule has 0 aliphatic heterocycles. The largest absolute Gasteiger partial charge is 0.510 e. The summed E-state index contributed by atoms with van der Waals surface area (Å²) in [7, 11) is 0. The number of imidazole rings is 1. The van der Waals surface area contributed by atoms with Crippen molar-refractivity contribution in [1.29, 1.82) is 5.26 Å². The van der Waals surface area contributed by atoms with Crippen molar-refractivity contribution in [3.05, 3.63) is 88.0 Å². The molecule has 3 heterocycles. The van der Waals surface area contributed by atoms with E-state index in [4.69, 9.17) is 0 Å². The molecule has 0 saturated heterocycles. The van der Waals surface area contributed by atoms with Crippen LogP contribution in [0.15, 0.2) is 81.8 Å². The van der Waals surface area contributed by atoms with Crippen LogP contribution < -0.4 is 5.56 Å². The molecule has 0 bridgehead atoms. The van der Waals surface area contributed by atoms with Gasteiger partial charge in [-0.1, -0.05) is 42.1 Å². The second-order valence-corrected chi connectivity index (χ2v) is 8.67. The number of H-pyrrole nitrogens is 1. The van der Waals surface area contributed by atoms with Gasteiger partial charge in [-0.05, 0) is 35.7 Å². The van der Waals surface area contributed by atoms with E-state index in [0.717, 1.165) is 5.52 Å². The summed E-state index contributed by atoms with van der Waals surface area (Å²) in [6, 6.07) is 20.4. The van der Waals surface area contributed by atoms with E-state index in [1.54, 1.807) is 6.07 Å². The molecule has 0 aliphatic carbocycles. The molecular formula is C23H15N5O2S2. The number of thiophene rings is 1. The maximum atomic E-state index is 13.1. The number of hydrogen-bond acceptors (Lipinski definition) is 7. The number of aromatic amines is 1. The number of nitrogens with one attached hydrogen (secondary N) is 1. The van der Waals surface area contributed by atoms with E-state index in [9.17, 15) is 15.2 Å². The number of aliphatic hydroxyl groups excluding tert-OH is 1. The van der Waals surface area contributed by atoms with Crippen molar-refractivity contribution in [2.24, 2.45) is 0 Å². The summed E-state index contributed by atoms with van der Waals surface area (Å²) in [4.78, 5) is 25.9. The van der Waals surface area contributed by atoms with Crippen molar-refractivity contribution in [3.63, 3.8) is 0 Å². The molecule has 3 aromatic heterocycles. The average molecular weight is 458 g/mol. The van der Waals surface area contributed by atoms with E-state index in [2.05, 4.69) is 15.0 Å². The summed E-state index contributed by atoms with van der Waals surface area (Å²) in [5.74, 6) is 0.210. The van der Waals surface area contributed by atoms with Crippen LogP contribution in [0, 0.1) is 11.3 Å². The smallest absolute Gasteiger partial charge is 0.267 e. The van der Waals surface area contributed by atoms with E-state index in [0.29, 0.717) is 32.4 Å². The lowest BCUT2D eigenvalue weighted by Crippen LogP contribution is -2.21. The number of aliphatic hydroxyl groups is 1. The average Bonchev–Trinajstić information content (AvgIpc) is 3.46. The zero-order valence-electron chi connectivity index (χ0n) is 16.5. The number of aromatic nitrogens is 4. The molecular weight excluding hydrogens is 442 g/mol. The molecule has 7 nitrogen and oxygen atoms in total. The number of thioether (sulfide) groups is 1. The molecule has 32 heavy (non-hydrogen) atoms. The van der Waals surface area contributed by atoms with E-state index < -0.39 is 0 Å². The number of fused-ring (bicyclic) bond motifs is 2. The Morgan fingerprint density at radius 2 is 1.91 bits per heavy atom. The van der Waals surface area contributed by atoms with Gasteiger partial charge in [-0.25, -0.2) is 9.97 Å². The number of para-hydroxylation sites is 3. The van der Waals surface area contributed by atoms with E-state index >= 15 is 0 Å². The van der Waals surface area contributed by atoms with Gasteiger partial charge in [0.1, 0.15) is 22.2 Å². The first kappa shape index (κ1) is 20.1. The fraction of sp³-hybridized carbons (Fsp3) is 0.0435. The normalized spacial score (nSPS) is 12.1. The summed E-state index contributed by atoms with van der Waals surface area (Å²) >= 11 is 2.57. The summed E-state index contributed by atoms with van der Waals surface area (Å²) in [6.07, 6.45) is 0. The molecule has 0 saturated carbocycles. The van der Waals surface area contributed by atoms with Crippen LogP contribution >= 0.6 is 23.1 Å². The van der Waals surface area contributed by atoms with Crippen LogP contribution in [0.3, 0.4) is 0 Å². The minimum atomic E-state index is -0.175. The Bertz CT molecular complexity index is 1540. The summed E-state index contributed by atoms with van der Waals surface area (Å²) in [5, 5.41) is 23.2. The number of nitrogens with zero attached hydrogens (tertiary/aromatic N) is 4. The number of nitriles is 1. The van der Waals surface area contributed by atoms with Gasteiger partial charge in [0.15, 0.2) is 11.0 Å². The van der Waals surface area contributed by atoms with Gasteiger partial charge in [-0.2, -0.15) is 5.26 Å². The topological polar surface area (TPSA) is 108 Å². The predicted octanol–water partition coefficient (Wildman–Crippen LogP) is 4.91. The zero-order valence-corrected chi connectivity index (χ0v) is 18.2. The Morgan fingerprint density at radius 1 is 1.12 bits per heavy atom. The first-order chi connectivity index (χ1) is 15.7. The Kier molecular flexibility index (Phi) is 5.23. The second kappa shape index (κ2) is 8.34. The Labute approximate surface area is 190 Å². The lowest BCUT2D eigenvalue weighted by Gasteiger charge is -2.12. The van der Waals surface area contributed by atoms with Gasteiger partial charge < -0.3 is 10.1 Å². The highest BCUT2D eigenvalue weighted by Gasteiger charge is 2.17. The third-order valence-corrected chi connectivity index (χ3v) is 6.60. The fourth-order valence-corrected chi connectivity index (χ4v) is 5.02. The number of allylic oxidation sites excluding steroid dienone is 1. The molecule has 5 aromatic rings. The van der Waals surface area contributed by atoms with Gasteiger partial charge in [0.2, 0.25) is 0 Å². The van der Waals surface area contributed by atoms with Crippen molar-refractivity contribution in [3.8, 4) is 11.8 Å². The van der Waals surface area contributed by atoms with Crippen LogP contribution in [0.4, 0.5) is 0 Å². The second-order valence-electron chi connectivity index (χ2n) is 6.83. The van der Waals surface area contributed by atoms with Crippen LogP contribution in [0.25, 0.3) is 32.5 Å². The highest BCUT2D eigenvalue weighted by Crippen LogP contribution is 2.27. The molecule has 0 unspecified atom stereocenters. The highest BCUT2D eigenvalue weighted by atomic mass is 32.2. The number of hydrogen-bond donors (Lipinski definition) is 2. The Morgan fingerprint density at radius 3 is 2.69 bits per heavy atom. The first-order valence-corrected chi connectivity index (χ1v) is 11.5. The Balaban J connectivity index is 1.54. The first-order valence-electron chi connectivity index (χ1n) is 9.61. The minimum Gasteiger partial charge on any atom is -0.510 e. The molecule has 0 amide bonds. The zero-order chi connectivity index (χ0) is 22.1. The van der Waals surface area contributed by atoms with Crippen molar-refractivity contribution in [2.75, 3.05) is 5.75 Å². The molecule has 2 N–H and O–H groups in total. The van der Waals surface area contributed by atoms with Gasteiger partial charge >= 0.3 is 0 Å². The van der Waals surface area contributed by atoms with Crippen molar-refractivity contribution in [1.82, 2.24) is 19.5 Å². The van der Waals surface area contributed by atoms with E-state index in [-0.39, 0.29) is 22.6 Å². The van der Waals surface area contributed by atoms with Crippen LogP contribution in [0.1, 0.15) is 5.82 Å². The maximum absolute atomic E-state index is 13.1. The molecule has 0 radical (unpaired) electrons. The van der Waals surface area contributed by atoms with E-state index in [1.807, 2.05) is 66.0 Å². The van der Waals surface area contributed by atoms with Crippen LogP contribution in [0.2, 0.25) is 0 Å². The van der Waals surface area contributed by atoms with Gasteiger partial charge in [0.25, 0.3) is 5.56 Å². The lowest BCUT2D eigenvalue weighted by molar-refractivity contribution is 0.420. The van der Waals surface area contributed by atoms with Crippen molar-refractivity contribution < 1.29 is 5.11 Å². The minimum absolute atomic E-state index is 0.0517. The number of benzene rings is 2. The highest BCUT2D eigenvalue weighted by molar-refractivity contribution is 7.99. The lowest BCUT2D eigenvalue weighted by atomic mass is 10.2. The van der Waals surface area contributed by atoms with Crippen molar-refractivity contribution >= 4 is 49.9 Å². The molecule has 0 aliphatic rings. The molecule has 9 heteroatoms. The molecule has 5 rings (SSSR count). The molecule has 2 aromatic carbocycles. The maximum Gasteiger partial charge on any atom is 0.267 e. The van der Waals surface area contributed by atoms with Crippen LogP contribution in [0.5, 0.6) is 0 Å². The molecule has 0 spiro atoms. The monoisotopic (exact) mass is 457 g/mol. The molecule has 0 atom stereocenters. The summed E-state index contributed by atoms with van der Waals surface area (Å²) < 4.78 is 1.53. The standard InChI is InChI=1S/C23H15N5O2S2/c24-12-16(20-25-17-8-4-5-9-18(17)26-20)19(29)13-32-23-27-21-15(10-11-31-21)22(30)28(23)14-6-2-1-3-7-14/h1-11,29H,13H2,(H,25,26). The van der Waals surface area contributed by atoms with Crippen LogP contribution in [-0.2, 0) is 0 Å². The summed E-state index contributed by atoms with van der Waals surface area (Å²) in [6.45, 7) is 0. The molecule has 156 valence electrons. The molecule has 0 fully saturated rings. The van der Waals surface area contributed by atoms with Gasteiger partial charge in [-0.15, -0.1) is 11.3 Å². The predicted molar refractivity (Wildman–Crippen MR) is 127 cm³/mol. The van der Waals surface area contributed by atoms with Crippen LogP contribution in [-0.4, -0.2) is 30.4 Å². The third kappa shape index (κ3) is 3.56. The quantitative estimate of drug-likeness (QED) is 0.168. The third-order valence-electron chi connectivity index (χ3n) is 4.85. The van der Waals surface area contributed by atoms with Gasteiger partial charge in [0, 0.05) is 0 Å². The van der Waals surface area contributed by atoms with Gasteiger partial charge in [0.05, 0.1) is 27.9 Å². The van der Waals surface area contributed by atoms with Gasteiger partial charge in [-0.3, -0.25) is 9.36 Å². The number of rotatable bonds is 5. The SMILES string of the molecule is N#CC(=C(O)CSc1nc2sccc2c(=O)n1-c1ccccc1)c1nc2ccccc2[nH]1. The fourth-order valence-electron chi connectivity index (χ4n) is 3.33. The Hall–Kier alpha value is -3.87.